The summed E-state index contributed by atoms with van der Waals surface area (Å²) in [6, 6.07) is 0. The maximum absolute atomic E-state index is 9.25. The van der Waals surface area contributed by atoms with Gasteiger partial charge in [0, 0.05) is 11.9 Å². The van der Waals surface area contributed by atoms with Gasteiger partial charge < -0.3 is 9.84 Å². The summed E-state index contributed by atoms with van der Waals surface area (Å²) >= 11 is 3.22. The van der Waals surface area contributed by atoms with Crippen molar-refractivity contribution in [3.05, 3.63) is 0 Å². The summed E-state index contributed by atoms with van der Waals surface area (Å²) in [4.78, 5) is 0. The number of unbranched alkanes of at least 4 members (excludes halogenated alkanes) is 9. The van der Waals surface area contributed by atoms with Crippen molar-refractivity contribution >= 4 is 15.9 Å². The van der Waals surface area contributed by atoms with Gasteiger partial charge in [0.25, 0.3) is 0 Å². The van der Waals surface area contributed by atoms with E-state index >= 15 is 0 Å². The lowest BCUT2D eigenvalue weighted by atomic mass is 10.1. The maximum atomic E-state index is 9.25. The van der Waals surface area contributed by atoms with E-state index in [4.69, 9.17) is 4.74 Å². The van der Waals surface area contributed by atoms with E-state index in [0.717, 1.165) is 13.0 Å². The molecule has 0 saturated carbocycles. The Hall–Kier alpha value is 0.400. The van der Waals surface area contributed by atoms with Crippen LogP contribution in [0.1, 0.15) is 71.1 Å². The second-order valence-electron chi connectivity index (χ2n) is 5.07. The predicted molar refractivity (Wildman–Crippen MR) is 82.5 cm³/mol. The lowest BCUT2D eigenvalue weighted by Gasteiger charge is -2.07. The molecule has 0 aliphatic rings. The highest BCUT2D eigenvalue weighted by Gasteiger charge is 2.00. The molecule has 0 aromatic rings. The Kier molecular flexibility index (Phi) is 15.8. The number of rotatable bonds is 14. The van der Waals surface area contributed by atoms with E-state index < -0.39 is 0 Å². The number of hydrogen-bond donors (Lipinski definition) is 1. The van der Waals surface area contributed by atoms with Gasteiger partial charge in [0.1, 0.15) is 0 Å². The zero-order chi connectivity index (χ0) is 13.5. The Bertz CT molecular complexity index is 153. The minimum absolute atomic E-state index is 0.354. The van der Waals surface area contributed by atoms with Crippen molar-refractivity contribution in [2.75, 3.05) is 18.5 Å². The molecular formula is C15H31BrO2. The fourth-order valence-electron chi connectivity index (χ4n) is 1.96. The Morgan fingerprint density at radius 2 is 1.39 bits per heavy atom. The molecule has 0 rings (SSSR count). The molecule has 0 aromatic carbocycles. The first-order valence-electron chi connectivity index (χ1n) is 7.63. The normalized spacial score (nSPS) is 12.8. The van der Waals surface area contributed by atoms with Crippen molar-refractivity contribution in [3.8, 4) is 0 Å². The quantitative estimate of drug-likeness (QED) is 0.371. The minimum Gasteiger partial charge on any atom is -0.390 e. The molecule has 0 radical (unpaired) electrons. The van der Waals surface area contributed by atoms with Gasteiger partial charge in [-0.1, -0.05) is 80.6 Å². The van der Waals surface area contributed by atoms with E-state index in [1.54, 1.807) is 0 Å². The SMILES string of the molecule is CCCCCCCCCCCCOCC(O)CBr. The molecule has 0 amide bonds. The molecule has 1 atom stereocenters. The lowest BCUT2D eigenvalue weighted by Crippen LogP contribution is -2.16. The van der Waals surface area contributed by atoms with Gasteiger partial charge in [0.2, 0.25) is 0 Å². The summed E-state index contributed by atoms with van der Waals surface area (Å²) in [5, 5.41) is 9.85. The summed E-state index contributed by atoms with van der Waals surface area (Å²) in [6.45, 7) is 3.52. The van der Waals surface area contributed by atoms with Crippen LogP contribution in [0.3, 0.4) is 0 Å². The third-order valence-electron chi connectivity index (χ3n) is 3.13. The van der Waals surface area contributed by atoms with Crippen LogP contribution >= 0.6 is 15.9 Å². The lowest BCUT2D eigenvalue weighted by molar-refractivity contribution is 0.0473. The molecule has 2 nitrogen and oxygen atoms in total. The zero-order valence-corrected chi connectivity index (χ0v) is 13.6. The average molecular weight is 323 g/mol. The topological polar surface area (TPSA) is 29.5 Å². The number of ether oxygens (including phenoxy) is 1. The molecule has 0 aliphatic heterocycles. The molecule has 0 fully saturated rings. The highest BCUT2D eigenvalue weighted by Crippen LogP contribution is 2.10. The third kappa shape index (κ3) is 14.5. The molecule has 0 aromatic heterocycles. The van der Waals surface area contributed by atoms with Gasteiger partial charge in [-0.2, -0.15) is 0 Å². The second-order valence-corrected chi connectivity index (χ2v) is 5.71. The van der Waals surface area contributed by atoms with Crippen LogP contribution in [0.15, 0.2) is 0 Å². The summed E-state index contributed by atoms with van der Waals surface area (Å²) in [5.74, 6) is 0. The van der Waals surface area contributed by atoms with E-state index in [1.807, 2.05) is 0 Å². The Morgan fingerprint density at radius 3 is 1.89 bits per heavy atom. The average Bonchev–Trinajstić information content (AvgIpc) is 2.39. The van der Waals surface area contributed by atoms with Crippen molar-refractivity contribution in [1.29, 1.82) is 0 Å². The first-order chi connectivity index (χ1) is 8.81. The second kappa shape index (κ2) is 15.5. The fourth-order valence-corrected chi connectivity index (χ4v) is 2.14. The van der Waals surface area contributed by atoms with Crippen LogP contribution in [0.5, 0.6) is 0 Å². The van der Waals surface area contributed by atoms with Crippen molar-refractivity contribution in [2.24, 2.45) is 0 Å². The number of halogens is 1. The molecule has 1 unspecified atom stereocenters. The van der Waals surface area contributed by atoms with Gasteiger partial charge in [-0.05, 0) is 6.42 Å². The third-order valence-corrected chi connectivity index (χ3v) is 3.88. The van der Waals surface area contributed by atoms with Gasteiger partial charge in [-0.15, -0.1) is 0 Å². The van der Waals surface area contributed by atoms with Crippen molar-refractivity contribution in [1.82, 2.24) is 0 Å². The monoisotopic (exact) mass is 322 g/mol. The number of aliphatic hydroxyl groups is 1. The number of hydrogen-bond acceptors (Lipinski definition) is 2. The maximum Gasteiger partial charge on any atom is 0.0870 e. The number of alkyl halides is 1. The predicted octanol–water partition coefficient (Wildman–Crippen LogP) is 4.68. The summed E-state index contributed by atoms with van der Waals surface area (Å²) in [5.41, 5.74) is 0. The highest BCUT2D eigenvalue weighted by molar-refractivity contribution is 9.09. The van der Waals surface area contributed by atoms with Crippen LogP contribution in [0.4, 0.5) is 0 Å². The molecule has 1 N–H and O–H groups in total. The smallest absolute Gasteiger partial charge is 0.0870 e. The minimum atomic E-state index is -0.354. The van der Waals surface area contributed by atoms with Crippen LogP contribution in [-0.2, 0) is 4.74 Å². The largest absolute Gasteiger partial charge is 0.390 e. The van der Waals surface area contributed by atoms with E-state index in [1.165, 1.54) is 57.8 Å². The van der Waals surface area contributed by atoms with E-state index in [9.17, 15) is 5.11 Å². The Morgan fingerprint density at radius 1 is 0.889 bits per heavy atom. The summed E-state index contributed by atoms with van der Waals surface area (Å²) in [6.07, 6.45) is 13.1. The summed E-state index contributed by atoms with van der Waals surface area (Å²) in [7, 11) is 0. The van der Waals surface area contributed by atoms with Crippen LogP contribution in [-0.4, -0.2) is 29.8 Å². The molecule has 0 aliphatic carbocycles. The molecule has 0 bridgehead atoms. The Balaban J connectivity index is 2.94. The first-order valence-corrected chi connectivity index (χ1v) is 8.75. The van der Waals surface area contributed by atoms with Crippen LogP contribution in [0.25, 0.3) is 0 Å². The molecule has 18 heavy (non-hydrogen) atoms. The zero-order valence-electron chi connectivity index (χ0n) is 12.0. The Labute approximate surface area is 122 Å². The van der Waals surface area contributed by atoms with Crippen molar-refractivity contribution < 1.29 is 9.84 Å². The first kappa shape index (κ1) is 18.4. The molecule has 0 saturated heterocycles. The van der Waals surface area contributed by atoms with E-state index in [0.29, 0.717) is 11.9 Å². The van der Waals surface area contributed by atoms with Gasteiger partial charge >= 0.3 is 0 Å². The van der Waals surface area contributed by atoms with Crippen LogP contribution in [0.2, 0.25) is 0 Å². The molecule has 0 spiro atoms. The summed E-state index contributed by atoms with van der Waals surface area (Å²) < 4.78 is 5.38. The standard InChI is InChI=1S/C15H31BrO2/c1-2-3-4-5-6-7-8-9-10-11-12-18-14-15(17)13-16/h15,17H,2-14H2,1H3. The van der Waals surface area contributed by atoms with Crippen LogP contribution in [0, 0.1) is 0 Å². The highest BCUT2D eigenvalue weighted by atomic mass is 79.9. The van der Waals surface area contributed by atoms with Gasteiger partial charge in [-0.3, -0.25) is 0 Å². The van der Waals surface area contributed by atoms with Crippen LogP contribution < -0.4 is 0 Å². The van der Waals surface area contributed by atoms with Gasteiger partial charge in [-0.25, -0.2) is 0 Å². The van der Waals surface area contributed by atoms with E-state index in [-0.39, 0.29) is 6.10 Å². The van der Waals surface area contributed by atoms with Gasteiger partial charge in [0.15, 0.2) is 0 Å². The van der Waals surface area contributed by atoms with Gasteiger partial charge in [0.05, 0.1) is 12.7 Å². The molecular weight excluding hydrogens is 292 g/mol. The van der Waals surface area contributed by atoms with Crippen molar-refractivity contribution in [2.45, 2.75) is 77.2 Å². The molecule has 3 heteroatoms. The number of aliphatic hydroxyl groups excluding tert-OH is 1. The van der Waals surface area contributed by atoms with E-state index in [2.05, 4.69) is 22.9 Å². The molecule has 0 heterocycles. The fraction of sp³-hybridized carbons (Fsp3) is 1.00. The van der Waals surface area contributed by atoms with Crippen molar-refractivity contribution in [3.63, 3.8) is 0 Å². The molecule has 110 valence electrons.